The van der Waals surface area contributed by atoms with Gasteiger partial charge in [-0.1, -0.05) is 6.07 Å². The Hall–Kier alpha value is -2.17. The Kier molecular flexibility index (Phi) is 3.14. The third kappa shape index (κ3) is 2.40. The van der Waals surface area contributed by atoms with E-state index in [1.807, 2.05) is 6.92 Å². The van der Waals surface area contributed by atoms with E-state index in [1.54, 1.807) is 18.2 Å². The second-order valence-electron chi connectivity index (χ2n) is 3.96. The summed E-state index contributed by atoms with van der Waals surface area (Å²) in [5.74, 6) is -2.98. The van der Waals surface area contributed by atoms with Crippen molar-refractivity contribution in [2.75, 3.05) is 11.1 Å². The summed E-state index contributed by atoms with van der Waals surface area (Å²) in [6, 6.07) is 6.27. The first-order valence-corrected chi connectivity index (χ1v) is 5.25. The summed E-state index contributed by atoms with van der Waals surface area (Å²) in [5.41, 5.74) is 6.87. The standard InChI is InChI=1S/C13H11F3N2/c1-7-2-3-11(17)12(4-7)18-13-9(15)5-8(14)6-10(13)16/h2-6,18H,17H2,1H3. The highest BCUT2D eigenvalue weighted by Gasteiger charge is 2.12. The van der Waals surface area contributed by atoms with Crippen LogP contribution in [0.4, 0.5) is 30.2 Å². The van der Waals surface area contributed by atoms with Crippen molar-refractivity contribution in [2.45, 2.75) is 6.92 Å². The van der Waals surface area contributed by atoms with Crippen molar-refractivity contribution in [1.29, 1.82) is 0 Å². The van der Waals surface area contributed by atoms with Crippen LogP contribution in [-0.2, 0) is 0 Å². The highest BCUT2D eigenvalue weighted by molar-refractivity contribution is 5.73. The average Bonchev–Trinajstić information content (AvgIpc) is 2.28. The van der Waals surface area contributed by atoms with Gasteiger partial charge < -0.3 is 11.1 Å². The topological polar surface area (TPSA) is 38.0 Å². The summed E-state index contributed by atoms with van der Waals surface area (Å²) in [5, 5.41) is 2.54. The van der Waals surface area contributed by atoms with Crippen LogP contribution in [0.2, 0.25) is 0 Å². The highest BCUT2D eigenvalue weighted by atomic mass is 19.1. The zero-order valence-corrected chi connectivity index (χ0v) is 9.60. The Morgan fingerprint density at radius 2 is 1.61 bits per heavy atom. The van der Waals surface area contributed by atoms with E-state index < -0.39 is 23.1 Å². The lowest BCUT2D eigenvalue weighted by Crippen LogP contribution is -2.01. The van der Waals surface area contributed by atoms with Crippen LogP contribution in [0.25, 0.3) is 0 Å². The summed E-state index contributed by atoms with van der Waals surface area (Å²) in [7, 11) is 0. The summed E-state index contributed by atoms with van der Waals surface area (Å²) < 4.78 is 39.6. The normalized spacial score (nSPS) is 10.4. The molecule has 2 nitrogen and oxygen atoms in total. The maximum absolute atomic E-state index is 13.4. The van der Waals surface area contributed by atoms with Crippen molar-refractivity contribution in [2.24, 2.45) is 0 Å². The summed E-state index contributed by atoms with van der Waals surface area (Å²) in [4.78, 5) is 0. The largest absolute Gasteiger partial charge is 0.397 e. The molecule has 0 saturated carbocycles. The first-order chi connectivity index (χ1) is 8.47. The van der Waals surface area contributed by atoms with Gasteiger partial charge in [0.25, 0.3) is 0 Å². The van der Waals surface area contributed by atoms with Gasteiger partial charge in [-0.15, -0.1) is 0 Å². The Bertz CT molecular complexity index is 574. The van der Waals surface area contributed by atoms with Gasteiger partial charge in [0.15, 0.2) is 11.6 Å². The van der Waals surface area contributed by atoms with Crippen molar-refractivity contribution in [3.05, 3.63) is 53.3 Å². The van der Waals surface area contributed by atoms with Crippen LogP contribution in [0.5, 0.6) is 0 Å². The highest BCUT2D eigenvalue weighted by Crippen LogP contribution is 2.28. The minimum absolute atomic E-state index is 0.351. The maximum Gasteiger partial charge on any atom is 0.152 e. The van der Waals surface area contributed by atoms with Gasteiger partial charge in [0.1, 0.15) is 11.5 Å². The fraction of sp³-hybridized carbons (Fsp3) is 0.0769. The lowest BCUT2D eigenvalue weighted by molar-refractivity contribution is 0.549. The first-order valence-electron chi connectivity index (χ1n) is 5.25. The summed E-state index contributed by atoms with van der Waals surface area (Å²) in [6.45, 7) is 1.82. The molecule has 94 valence electrons. The van der Waals surface area contributed by atoms with E-state index >= 15 is 0 Å². The molecular weight excluding hydrogens is 241 g/mol. The maximum atomic E-state index is 13.4. The molecule has 0 amide bonds. The Balaban J connectivity index is 2.43. The van der Waals surface area contributed by atoms with Gasteiger partial charge in [0.05, 0.1) is 11.4 Å². The molecule has 2 aromatic rings. The number of halogens is 3. The van der Waals surface area contributed by atoms with Crippen LogP contribution in [0, 0.1) is 24.4 Å². The van der Waals surface area contributed by atoms with Crippen LogP contribution in [0.3, 0.4) is 0 Å². The molecule has 0 aliphatic rings. The van der Waals surface area contributed by atoms with E-state index in [1.165, 1.54) is 0 Å². The molecule has 0 unspecified atom stereocenters. The molecule has 0 aliphatic heterocycles. The van der Waals surface area contributed by atoms with Crippen LogP contribution in [-0.4, -0.2) is 0 Å². The molecule has 5 heteroatoms. The number of nitrogens with one attached hydrogen (secondary N) is 1. The van der Waals surface area contributed by atoms with E-state index in [4.69, 9.17) is 5.73 Å². The monoisotopic (exact) mass is 252 g/mol. The van der Waals surface area contributed by atoms with Crippen molar-refractivity contribution < 1.29 is 13.2 Å². The quantitative estimate of drug-likeness (QED) is 0.799. The minimum Gasteiger partial charge on any atom is -0.397 e. The summed E-state index contributed by atoms with van der Waals surface area (Å²) >= 11 is 0. The van der Waals surface area contributed by atoms with Crippen molar-refractivity contribution in [3.8, 4) is 0 Å². The fourth-order valence-corrected chi connectivity index (χ4v) is 1.57. The number of nitrogen functional groups attached to an aromatic ring is 1. The van der Waals surface area contributed by atoms with Crippen molar-refractivity contribution >= 4 is 17.1 Å². The van der Waals surface area contributed by atoms with Crippen molar-refractivity contribution in [3.63, 3.8) is 0 Å². The molecule has 2 aromatic carbocycles. The molecule has 0 heterocycles. The summed E-state index contributed by atoms with van der Waals surface area (Å²) in [6.07, 6.45) is 0. The van der Waals surface area contributed by atoms with E-state index in [2.05, 4.69) is 5.32 Å². The van der Waals surface area contributed by atoms with E-state index in [-0.39, 0.29) is 0 Å². The minimum atomic E-state index is -1.01. The molecule has 18 heavy (non-hydrogen) atoms. The SMILES string of the molecule is Cc1ccc(N)c(Nc2c(F)cc(F)cc2F)c1. The molecule has 0 saturated heterocycles. The number of hydrogen-bond donors (Lipinski definition) is 2. The molecule has 3 N–H and O–H groups in total. The van der Waals surface area contributed by atoms with Gasteiger partial charge in [-0.2, -0.15) is 0 Å². The average molecular weight is 252 g/mol. The van der Waals surface area contributed by atoms with Gasteiger partial charge in [-0.25, -0.2) is 13.2 Å². The van der Waals surface area contributed by atoms with E-state index in [9.17, 15) is 13.2 Å². The van der Waals surface area contributed by atoms with E-state index in [0.717, 1.165) is 5.56 Å². The van der Waals surface area contributed by atoms with Crippen LogP contribution in [0.1, 0.15) is 5.56 Å². The number of anilines is 3. The molecule has 0 aromatic heterocycles. The fourth-order valence-electron chi connectivity index (χ4n) is 1.57. The van der Waals surface area contributed by atoms with Crippen LogP contribution < -0.4 is 11.1 Å². The van der Waals surface area contributed by atoms with E-state index in [0.29, 0.717) is 23.5 Å². The predicted molar refractivity (Wildman–Crippen MR) is 65.2 cm³/mol. The number of nitrogens with two attached hydrogens (primary N) is 1. The van der Waals surface area contributed by atoms with Gasteiger partial charge >= 0.3 is 0 Å². The number of rotatable bonds is 2. The van der Waals surface area contributed by atoms with Crippen LogP contribution >= 0.6 is 0 Å². The smallest absolute Gasteiger partial charge is 0.152 e. The lowest BCUT2D eigenvalue weighted by atomic mass is 10.2. The number of benzene rings is 2. The first kappa shape index (κ1) is 12.3. The zero-order chi connectivity index (χ0) is 13.3. The Labute approximate surface area is 102 Å². The molecular formula is C13H11F3N2. The van der Waals surface area contributed by atoms with Gasteiger partial charge in [0.2, 0.25) is 0 Å². The van der Waals surface area contributed by atoms with Crippen LogP contribution in [0.15, 0.2) is 30.3 Å². The molecule has 2 rings (SSSR count). The molecule has 0 atom stereocenters. The zero-order valence-electron chi connectivity index (χ0n) is 9.60. The molecule has 0 fully saturated rings. The molecule has 0 bridgehead atoms. The second-order valence-corrected chi connectivity index (χ2v) is 3.96. The lowest BCUT2D eigenvalue weighted by Gasteiger charge is -2.11. The van der Waals surface area contributed by atoms with Gasteiger partial charge in [0, 0.05) is 12.1 Å². The number of hydrogen-bond acceptors (Lipinski definition) is 2. The Morgan fingerprint density at radius 3 is 2.22 bits per heavy atom. The molecule has 0 radical (unpaired) electrons. The second kappa shape index (κ2) is 4.60. The molecule has 0 spiro atoms. The van der Waals surface area contributed by atoms with Gasteiger partial charge in [-0.05, 0) is 24.6 Å². The third-order valence-electron chi connectivity index (χ3n) is 2.48. The van der Waals surface area contributed by atoms with Gasteiger partial charge in [-0.3, -0.25) is 0 Å². The predicted octanol–water partition coefficient (Wildman–Crippen LogP) is 3.74. The Morgan fingerprint density at radius 1 is 1.00 bits per heavy atom. The molecule has 0 aliphatic carbocycles. The number of aryl methyl sites for hydroxylation is 1. The van der Waals surface area contributed by atoms with Crippen molar-refractivity contribution in [1.82, 2.24) is 0 Å². The third-order valence-corrected chi connectivity index (χ3v) is 2.48.